The molecule has 4 heteroatoms. The van der Waals surface area contributed by atoms with Crippen LogP contribution >= 0.6 is 0 Å². The summed E-state index contributed by atoms with van der Waals surface area (Å²) in [4.78, 5) is 11.6. The molecule has 0 bridgehead atoms. The van der Waals surface area contributed by atoms with Crippen molar-refractivity contribution in [3.8, 4) is 0 Å². The van der Waals surface area contributed by atoms with Crippen LogP contribution in [0.2, 0.25) is 0 Å². The predicted octanol–water partition coefficient (Wildman–Crippen LogP) is 1.50. The minimum Gasteiger partial charge on any atom is -0.458 e. The van der Waals surface area contributed by atoms with Crippen LogP contribution in [0, 0.1) is 5.92 Å². The normalized spacial score (nSPS) is 28.3. The molecule has 2 aliphatic rings. The second-order valence-corrected chi connectivity index (χ2v) is 5.09. The molecule has 1 aliphatic heterocycles. The van der Waals surface area contributed by atoms with Crippen molar-refractivity contribution in [3.05, 3.63) is 35.5 Å². The lowest BCUT2D eigenvalue weighted by Crippen LogP contribution is -2.18. The standard InChI is InChI=1S/C15H20O4/c1-10-13-6-5-11(8-16)3-2-4-12(9-17)7-14(13)19-15(10)18/h4-5,13-14,16-17H,1-3,6-9H2/t13-,14+/m1/s1. The van der Waals surface area contributed by atoms with Crippen LogP contribution in [0.25, 0.3) is 0 Å². The van der Waals surface area contributed by atoms with E-state index < -0.39 is 0 Å². The Morgan fingerprint density at radius 1 is 1.26 bits per heavy atom. The summed E-state index contributed by atoms with van der Waals surface area (Å²) in [5.41, 5.74) is 2.34. The van der Waals surface area contributed by atoms with E-state index >= 15 is 0 Å². The Morgan fingerprint density at radius 2 is 2.00 bits per heavy atom. The predicted molar refractivity (Wildman–Crippen MR) is 71.3 cm³/mol. The molecule has 0 spiro atoms. The van der Waals surface area contributed by atoms with Crippen molar-refractivity contribution in [3.63, 3.8) is 0 Å². The third-order valence-electron chi connectivity index (χ3n) is 3.85. The Morgan fingerprint density at radius 3 is 2.68 bits per heavy atom. The van der Waals surface area contributed by atoms with Gasteiger partial charge in [0, 0.05) is 17.9 Å². The van der Waals surface area contributed by atoms with Crippen LogP contribution in [0.4, 0.5) is 0 Å². The summed E-state index contributed by atoms with van der Waals surface area (Å²) < 4.78 is 5.33. The Hall–Kier alpha value is -1.39. The lowest BCUT2D eigenvalue weighted by molar-refractivity contribution is -0.139. The first-order valence-electron chi connectivity index (χ1n) is 6.63. The average molecular weight is 264 g/mol. The Labute approximate surface area is 113 Å². The number of esters is 1. The number of ether oxygens (including phenoxy) is 1. The minimum atomic E-state index is -0.342. The van der Waals surface area contributed by atoms with Crippen molar-refractivity contribution < 1.29 is 19.7 Å². The topological polar surface area (TPSA) is 66.8 Å². The number of hydrogen-bond donors (Lipinski definition) is 2. The van der Waals surface area contributed by atoms with E-state index in [0.29, 0.717) is 18.4 Å². The van der Waals surface area contributed by atoms with Gasteiger partial charge in [-0.1, -0.05) is 18.7 Å². The van der Waals surface area contributed by atoms with Crippen LogP contribution in [-0.2, 0) is 9.53 Å². The fraction of sp³-hybridized carbons (Fsp3) is 0.533. The number of allylic oxidation sites excluding steroid dienone is 2. The third-order valence-corrected chi connectivity index (χ3v) is 3.85. The summed E-state index contributed by atoms with van der Waals surface area (Å²) in [6, 6.07) is 0. The highest BCUT2D eigenvalue weighted by Crippen LogP contribution is 2.34. The zero-order valence-electron chi connectivity index (χ0n) is 11.0. The molecule has 2 rings (SSSR count). The molecule has 0 aromatic heterocycles. The van der Waals surface area contributed by atoms with Gasteiger partial charge < -0.3 is 14.9 Å². The SMILES string of the molecule is C=C1C(=O)O[C@H]2CC(CO)=CCCC(CO)=CC[C@H]12. The highest BCUT2D eigenvalue weighted by molar-refractivity contribution is 5.90. The molecular formula is C15H20O4. The molecule has 0 aromatic rings. The lowest BCUT2D eigenvalue weighted by Gasteiger charge is -2.19. The van der Waals surface area contributed by atoms with E-state index in [1.165, 1.54) is 0 Å². The summed E-state index contributed by atoms with van der Waals surface area (Å²) in [5, 5.41) is 18.6. The van der Waals surface area contributed by atoms with Gasteiger partial charge in [0.2, 0.25) is 0 Å². The quantitative estimate of drug-likeness (QED) is 0.450. The molecule has 1 aliphatic carbocycles. The molecule has 0 amide bonds. The van der Waals surface area contributed by atoms with Gasteiger partial charge >= 0.3 is 5.97 Å². The average Bonchev–Trinajstić information content (AvgIpc) is 2.68. The molecule has 0 aromatic carbocycles. The van der Waals surface area contributed by atoms with E-state index in [1.54, 1.807) is 0 Å². The molecule has 19 heavy (non-hydrogen) atoms. The molecule has 0 unspecified atom stereocenters. The van der Waals surface area contributed by atoms with Gasteiger partial charge in [0.1, 0.15) is 6.10 Å². The molecule has 1 saturated heterocycles. The molecule has 2 atom stereocenters. The van der Waals surface area contributed by atoms with Crippen molar-refractivity contribution in [2.45, 2.75) is 31.8 Å². The van der Waals surface area contributed by atoms with E-state index in [-0.39, 0.29) is 31.2 Å². The summed E-state index contributed by atoms with van der Waals surface area (Å²) in [7, 11) is 0. The van der Waals surface area contributed by atoms with E-state index in [2.05, 4.69) is 6.58 Å². The van der Waals surface area contributed by atoms with Crippen molar-refractivity contribution in [1.29, 1.82) is 0 Å². The van der Waals surface area contributed by atoms with Gasteiger partial charge in [0.15, 0.2) is 0 Å². The number of fused-ring (bicyclic) bond motifs is 1. The lowest BCUT2D eigenvalue weighted by atomic mass is 9.87. The molecule has 0 radical (unpaired) electrons. The van der Waals surface area contributed by atoms with Crippen molar-refractivity contribution in [1.82, 2.24) is 0 Å². The first kappa shape index (κ1) is 14.0. The van der Waals surface area contributed by atoms with Crippen molar-refractivity contribution in [2.75, 3.05) is 13.2 Å². The first-order chi connectivity index (χ1) is 9.15. The maximum Gasteiger partial charge on any atom is 0.334 e. The minimum absolute atomic E-state index is 0.0224. The zero-order chi connectivity index (χ0) is 13.8. The molecule has 1 heterocycles. The van der Waals surface area contributed by atoms with Crippen LogP contribution in [-0.4, -0.2) is 35.5 Å². The zero-order valence-corrected chi connectivity index (χ0v) is 11.0. The monoisotopic (exact) mass is 264 g/mol. The van der Waals surface area contributed by atoms with Gasteiger partial charge in [0.05, 0.1) is 13.2 Å². The fourth-order valence-electron chi connectivity index (χ4n) is 2.62. The summed E-state index contributed by atoms with van der Waals surface area (Å²) in [6.45, 7) is 3.81. The van der Waals surface area contributed by atoms with E-state index in [9.17, 15) is 15.0 Å². The molecular weight excluding hydrogens is 244 g/mol. The largest absolute Gasteiger partial charge is 0.458 e. The molecule has 1 fully saturated rings. The maximum atomic E-state index is 11.6. The van der Waals surface area contributed by atoms with E-state index in [0.717, 1.165) is 24.0 Å². The van der Waals surface area contributed by atoms with Gasteiger partial charge in [-0.15, -0.1) is 0 Å². The Kier molecular flexibility index (Phi) is 4.56. The number of carbonyl (C=O) groups excluding carboxylic acids is 1. The van der Waals surface area contributed by atoms with Crippen molar-refractivity contribution in [2.24, 2.45) is 5.92 Å². The van der Waals surface area contributed by atoms with Crippen LogP contribution in [0.1, 0.15) is 25.7 Å². The van der Waals surface area contributed by atoms with Crippen LogP contribution in [0.15, 0.2) is 35.5 Å². The molecule has 104 valence electrons. The van der Waals surface area contributed by atoms with E-state index in [4.69, 9.17) is 4.74 Å². The summed E-state index contributed by atoms with van der Waals surface area (Å²) in [5.74, 6) is -0.396. The van der Waals surface area contributed by atoms with Crippen LogP contribution in [0.3, 0.4) is 0 Å². The number of hydrogen-bond acceptors (Lipinski definition) is 4. The second-order valence-electron chi connectivity index (χ2n) is 5.09. The van der Waals surface area contributed by atoms with Crippen LogP contribution < -0.4 is 0 Å². The number of aliphatic hydroxyl groups is 2. The highest BCUT2D eigenvalue weighted by Gasteiger charge is 2.38. The van der Waals surface area contributed by atoms with Gasteiger partial charge in [-0.2, -0.15) is 0 Å². The number of carbonyl (C=O) groups is 1. The fourth-order valence-corrected chi connectivity index (χ4v) is 2.62. The number of rotatable bonds is 2. The molecule has 4 nitrogen and oxygen atoms in total. The Bertz CT molecular complexity index is 433. The number of aliphatic hydroxyl groups excluding tert-OH is 2. The molecule has 2 N–H and O–H groups in total. The second kappa shape index (κ2) is 6.17. The van der Waals surface area contributed by atoms with Gasteiger partial charge in [-0.3, -0.25) is 0 Å². The van der Waals surface area contributed by atoms with Gasteiger partial charge in [0.25, 0.3) is 0 Å². The summed E-state index contributed by atoms with van der Waals surface area (Å²) >= 11 is 0. The smallest absolute Gasteiger partial charge is 0.334 e. The van der Waals surface area contributed by atoms with E-state index in [1.807, 2.05) is 12.2 Å². The Balaban J connectivity index is 2.24. The summed E-state index contributed by atoms with van der Waals surface area (Å²) in [6.07, 6.45) is 6.50. The molecule has 0 saturated carbocycles. The highest BCUT2D eigenvalue weighted by atomic mass is 16.6. The first-order valence-corrected chi connectivity index (χ1v) is 6.63. The van der Waals surface area contributed by atoms with Gasteiger partial charge in [-0.05, 0) is 30.4 Å². The third kappa shape index (κ3) is 3.14. The van der Waals surface area contributed by atoms with Gasteiger partial charge in [-0.25, -0.2) is 4.79 Å². The van der Waals surface area contributed by atoms with Crippen LogP contribution in [0.5, 0.6) is 0 Å². The van der Waals surface area contributed by atoms with Crippen molar-refractivity contribution >= 4 is 5.97 Å². The maximum absolute atomic E-state index is 11.6.